The minimum absolute atomic E-state index is 0.120. The number of nitrogens with zero attached hydrogens (tertiary/aromatic N) is 2. The van der Waals surface area contributed by atoms with E-state index in [-0.39, 0.29) is 6.71 Å². The molecule has 0 spiro atoms. The van der Waals surface area contributed by atoms with Crippen LogP contribution >= 0.6 is 22.7 Å². The molecule has 0 saturated heterocycles. The van der Waals surface area contributed by atoms with Crippen molar-refractivity contribution in [3.63, 3.8) is 0 Å². The Morgan fingerprint density at radius 1 is 0.379 bits per heavy atom. The lowest BCUT2D eigenvalue weighted by atomic mass is 9.39. The summed E-state index contributed by atoms with van der Waals surface area (Å²) in [7, 11) is 0. The van der Waals surface area contributed by atoms with E-state index >= 15 is 0 Å². The van der Waals surface area contributed by atoms with E-state index in [1.807, 2.05) is 22.7 Å². The number of rotatable bonds is 9. The number of hydrogen-bond donors (Lipinski definition) is 0. The Kier molecular flexibility index (Phi) is 9.48. The largest absolute Gasteiger partial charge is 0.310 e. The van der Waals surface area contributed by atoms with Gasteiger partial charge in [-0.05, 0) is 152 Å². The third kappa shape index (κ3) is 6.06. The molecule has 0 radical (unpaired) electrons. The summed E-state index contributed by atoms with van der Waals surface area (Å²) >= 11 is 4.01. The molecule has 9 aromatic carbocycles. The zero-order valence-corrected chi connectivity index (χ0v) is 39.3. The first-order chi connectivity index (χ1) is 32.6. The monoisotopic (exact) mass is 884 g/mol. The van der Waals surface area contributed by atoms with Crippen LogP contribution in [0.15, 0.2) is 170 Å². The van der Waals surface area contributed by atoms with Crippen molar-refractivity contribution in [3.05, 3.63) is 187 Å². The highest BCUT2D eigenvalue weighted by Crippen LogP contribution is 2.51. The molecule has 5 heteroatoms. The predicted molar refractivity (Wildman–Crippen MR) is 291 cm³/mol. The Morgan fingerprint density at radius 2 is 0.818 bits per heavy atom. The van der Waals surface area contributed by atoms with Crippen LogP contribution in [0.2, 0.25) is 0 Å². The molecule has 0 unspecified atom stereocenters. The van der Waals surface area contributed by atoms with Crippen molar-refractivity contribution in [1.82, 2.24) is 0 Å². The summed E-state index contributed by atoms with van der Waals surface area (Å²) in [6.45, 7) is 6.97. The highest BCUT2D eigenvalue weighted by Gasteiger charge is 2.46. The molecule has 11 aromatic rings. The van der Waals surface area contributed by atoms with Crippen molar-refractivity contribution in [1.29, 1.82) is 0 Å². The molecule has 0 atom stereocenters. The van der Waals surface area contributed by atoms with Gasteiger partial charge in [0.1, 0.15) is 0 Å². The Balaban J connectivity index is 1.02. The third-order valence-electron chi connectivity index (χ3n) is 14.3. The van der Waals surface area contributed by atoms with Crippen molar-refractivity contribution in [2.24, 2.45) is 0 Å². The van der Waals surface area contributed by atoms with Gasteiger partial charge in [0, 0.05) is 52.5 Å². The lowest BCUT2D eigenvalue weighted by Gasteiger charge is -2.42. The smallest absolute Gasteiger partial charge is 0.277 e. The maximum absolute atomic E-state index is 2.61. The highest BCUT2D eigenvalue weighted by molar-refractivity contribution is 7.40. The van der Waals surface area contributed by atoms with E-state index < -0.39 is 0 Å². The Morgan fingerprint density at radius 3 is 1.33 bits per heavy atom. The Bertz CT molecular complexity index is 3680. The van der Waals surface area contributed by atoms with Crippen molar-refractivity contribution in [3.8, 4) is 11.1 Å². The van der Waals surface area contributed by atoms with Crippen LogP contribution in [-0.4, -0.2) is 6.71 Å². The van der Waals surface area contributed by atoms with Crippen LogP contribution in [0.1, 0.15) is 56.7 Å². The molecular formula is C61H49BN2S2. The summed E-state index contributed by atoms with van der Waals surface area (Å²) in [6, 6.07) is 65.3. The molecule has 0 aliphatic carbocycles. The van der Waals surface area contributed by atoms with Gasteiger partial charge >= 0.3 is 0 Å². The molecule has 4 heterocycles. The molecule has 0 amide bonds. The number of aryl methyl sites for hydroxylation is 3. The maximum atomic E-state index is 2.61. The normalized spacial score (nSPS) is 13.0. The van der Waals surface area contributed by atoms with Gasteiger partial charge in [0.2, 0.25) is 0 Å². The second kappa shape index (κ2) is 15.8. The molecule has 0 fully saturated rings. The van der Waals surface area contributed by atoms with Gasteiger partial charge in [-0.3, -0.25) is 0 Å². The fourth-order valence-corrected chi connectivity index (χ4v) is 14.1. The molecule has 318 valence electrons. The van der Waals surface area contributed by atoms with E-state index in [2.05, 4.69) is 200 Å². The number of thiophene rings is 2. The van der Waals surface area contributed by atoms with Gasteiger partial charge < -0.3 is 9.80 Å². The van der Waals surface area contributed by atoms with Crippen molar-refractivity contribution in [2.75, 3.05) is 9.80 Å². The van der Waals surface area contributed by atoms with Gasteiger partial charge in [-0.25, -0.2) is 0 Å². The summed E-state index contributed by atoms with van der Waals surface area (Å²) in [6.07, 6.45) is 6.64. The Labute approximate surface area is 395 Å². The first kappa shape index (κ1) is 39.7. The van der Waals surface area contributed by atoms with Gasteiger partial charge in [0.05, 0.1) is 11.4 Å². The second-order valence-electron chi connectivity index (χ2n) is 18.4. The van der Waals surface area contributed by atoms with E-state index in [0.29, 0.717) is 0 Å². The van der Waals surface area contributed by atoms with Gasteiger partial charge in [-0.1, -0.05) is 143 Å². The number of anilines is 6. The predicted octanol–water partition coefficient (Wildman–Crippen LogP) is 16.2. The van der Waals surface area contributed by atoms with Crippen LogP contribution < -0.4 is 24.8 Å². The fraction of sp³-hybridized carbons (Fsp3) is 0.148. The van der Waals surface area contributed by atoms with Crippen molar-refractivity contribution < 1.29 is 0 Å². The molecule has 0 bridgehead atoms. The maximum Gasteiger partial charge on any atom is 0.277 e. The molecule has 66 heavy (non-hydrogen) atoms. The van der Waals surface area contributed by atoms with E-state index in [1.54, 1.807) is 0 Å². The standard InChI is InChI=1S/C61H49BN2S2/c1-4-12-38-21-28-43(29-22-38)63-53-19-11-20-54-57(53)62(60-58(63)51-35-39(13-5-2)23-33-55(51)65-60)61-59(52-36-40(14-6-3)24-34-56(52)66-61)64(54)44-30-25-41(26-31-44)42-27-32-49-47-17-8-7-15-45(47)46-16-9-10-18-48(46)50(49)37-42/h7-11,15-37H,4-6,12-14H2,1-3H3. The molecule has 2 aliphatic rings. The van der Waals surface area contributed by atoms with Crippen LogP contribution in [0.3, 0.4) is 0 Å². The molecule has 13 rings (SSSR count). The van der Waals surface area contributed by atoms with E-state index in [9.17, 15) is 0 Å². The SMILES string of the molecule is CCCc1ccc(N2c3cccc4c3B(c3sc5ccc(CCC)cc5c32)c2sc3ccc(CCC)cc3c2N4c2ccc(-c3ccc4c5ccccc5c5ccccc5c4c3)cc2)cc1. The van der Waals surface area contributed by atoms with E-state index in [0.717, 1.165) is 38.5 Å². The summed E-state index contributed by atoms with van der Waals surface area (Å²) in [4.78, 5) is 5.23. The first-order valence-corrected chi connectivity index (χ1v) is 25.6. The quantitative estimate of drug-likeness (QED) is 0.105. The molecule has 0 N–H and O–H groups in total. The number of benzene rings is 9. The van der Waals surface area contributed by atoms with Crippen molar-refractivity contribution in [2.45, 2.75) is 59.3 Å². The lowest BCUT2D eigenvalue weighted by molar-refractivity contribution is 0.922. The highest BCUT2D eigenvalue weighted by atomic mass is 32.1. The topological polar surface area (TPSA) is 6.48 Å². The number of fused-ring (bicyclic) bond motifs is 14. The van der Waals surface area contributed by atoms with E-state index in [4.69, 9.17) is 0 Å². The zero-order chi connectivity index (χ0) is 44.0. The van der Waals surface area contributed by atoms with Crippen LogP contribution in [0, 0.1) is 0 Å². The summed E-state index contributed by atoms with van der Waals surface area (Å²) in [5, 5.41) is 10.5. The minimum Gasteiger partial charge on any atom is -0.310 e. The Hall–Kier alpha value is -6.66. The average molecular weight is 885 g/mol. The average Bonchev–Trinajstić information content (AvgIpc) is 3.93. The van der Waals surface area contributed by atoms with Crippen molar-refractivity contribution >= 4 is 131 Å². The van der Waals surface area contributed by atoms with Gasteiger partial charge in [-0.15, -0.1) is 22.7 Å². The fourth-order valence-electron chi connectivity index (χ4n) is 11.4. The van der Waals surface area contributed by atoms with Gasteiger partial charge in [0.25, 0.3) is 6.71 Å². The molecular weight excluding hydrogens is 836 g/mol. The van der Waals surface area contributed by atoms with Gasteiger partial charge in [-0.2, -0.15) is 0 Å². The minimum atomic E-state index is 0.120. The van der Waals surface area contributed by atoms with Crippen LogP contribution in [0.5, 0.6) is 0 Å². The van der Waals surface area contributed by atoms with Crippen LogP contribution in [-0.2, 0) is 19.3 Å². The summed E-state index contributed by atoms with van der Waals surface area (Å²) in [5.74, 6) is 0. The van der Waals surface area contributed by atoms with Crippen LogP contribution in [0.4, 0.5) is 34.1 Å². The zero-order valence-electron chi connectivity index (χ0n) is 37.7. The number of hydrogen-bond acceptors (Lipinski definition) is 4. The second-order valence-corrected chi connectivity index (χ2v) is 20.6. The van der Waals surface area contributed by atoms with Gasteiger partial charge in [0.15, 0.2) is 0 Å². The third-order valence-corrected chi connectivity index (χ3v) is 16.8. The first-order valence-electron chi connectivity index (χ1n) is 24.0. The molecule has 2 aromatic heterocycles. The van der Waals surface area contributed by atoms with E-state index in [1.165, 1.54) is 129 Å². The van der Waals surface area contributed by atoms with Crippen LogP contribution in [0.25, 0.3) is 63.6 Å². The molecule has 0 saturated carbocycles. The summed E-state index contributed by atoms with van der Waals surface area (Å²) in [5.41, 5.74) is 15.7. The summed E-state index contributed by atoms with van der Waals surface area (Å²) < 4.78 is 5.61. The lowest BCUT2D eigenvalue weighted by Crippen LogP contribution is -2.59. The molecule has 2 nitrogen and oxygen atoms in total. The molecule has 2 aliphatic heterocycles.